The van der Waals surface area contributed by atoms with E-state index in [4.69, 9.17) is 5.11 Å². The van der Waals surface area contributed by atoms with Gasteiger partial charge in [0.2, 0.25) is 0 Å². The number of hydrogen-bond donors (Lipinski definition) is 1. The van der Waals surface area contributed by atoms with Crippen molar-refractivity contribution in [2.45, 2.75) is 31.9 Å². The molecular formula is C9H11F3O. The molecular weight excluding hydrogens is 181 g/mol. The highest BCUT2D eigenvalue weighted by Gasteiger charge is 2.33. The molecule has 1 aliphatic carbocycles. The number of allylic oxidation sites excluding steroid dienone is 3. The standard InChI is InChI=1S/C9H11F3O/c10-9(11,12)7-4-2-1-3-5-8(13)6-7/h4-5,13H,1-3,6H2. The molecule has 74 valence electrons. The molecule has 0 radical (unpaired) electrons. The SMILES string of the molecule is OC1=CCCCC=C(C(F)(F)F)C1. The molecule has 1 nitrogen and oxygen atoms in total. The van der Waals surface area contributed by atoms with Crippen molar-refractivity contribution in [1.29, 1.82) is 0 Å². The highest BCUT2D eigenvalue weighted by molar-refractivity contribution is 5.17. The van der Waals surface area contributed by atoms with Crippen molar-refractivity contribution in [3.63, 3.8) is 0 Å². The van der Waals surface area contributed by atoms with E-state index in [-0.39, 0.29) is 12.2 Å². The van der Waals surface area contributed by atoms with Crippen molar-refractivity contribution in [2.75, 3.05) is 0 Å². The first-order valence-corrected chi connectivity index (χ1v) is 4.14. The second kappa shape index (κ2) is 3.85. The van der Waals surface area contributed by atoms with Gasteiger partial charge in [-0.2, -0.15) is 13.2 Å². The normalized spacial score (nSPS) is 19.9. The number of rotatable bonds is 0. The van der Waals surface area contributed by atoms with E-state index < -0.39 is 11.7 Å². The van der Waals surface area contributed by atoms with Crippen molar-refractivity contribution >= 4 is 0 Å². The fourth-order valence-electron chi connectivity index (χ4n) is 1.22. The van der Waals surface area contributed by atoms with E-state index in [0.29, 0.717) is 19.3 Å². The van der Waals surface area contributed by atoms with Crippen LogP contribution < -0.4 is 0 Å². The minimum absolute atomic E-state index is 0.178. The molecule has 1 aliphatic rings. The van der Waals surface area contributed by atoms with Crippen molar-refractivity contribution in [3.8, 4) is 0 Å². The van der Waals surface area contributed by atoms with Gasteiger partial charge in [-0.25, -0.2) is 0 Å². The zero-order valence-corrected chi connectivity index (χ0v) is 7.06. The maximum absolute atomic E-state index is 12.2. The molecule has 1 N–H and O–H groups in total. The van der Waals surface area contributed by atoms with Crippen LogP contribution in [0.4, 0.5) is 13.2 Å². The summed E-state index contributed by atoms with van der Waals surface area (Å²) in [4.78, 5) is 0. The van der Waals surface area contributed by atoms with Gasteiger partial charge < -0.3 is 5.11 Å². The Morgan fingerprint density at radius 3 is 2.38 bits per heavy atom. The molecule has 4 heteroatoms. The Labute approximate surface area is 74.6 Å². The molecule has 0 aliphatic heterocycles. The molecule has 1 rings (SSSR count). The van der Waals surface area contributed by atoms with E-state index in [2.05, 4.69) is 0 Å². The van der Waals surface area contributed by atoms with E-state index >= 15 is 0 Å². The van der Waals surface area contributed by atoms with Crippen LogP contribution in [0.3, 0.4) is 0 Å². The fraction of sp³-hybridized carbons (Fsp3) is 0.556. The fourth-order valence-corrected chi connectivity index (χ4v) is 1.22. The maximum Gasteiger partial charge on any atom is 0.412 e. The lowest BCUT2D eigenvalue weighted by atomic mass is 10.0. The summed E-state index contributed by atoms with van der Waals surface area (Å²) >= 11 is 0. The van der Waals surface area contributed by atoms with Crippen LogP contribution in [0.15, 0.2) is 23.5 Å². The zero-order chi connectivity index (χ0) is 9.90. The summed E-state index contributed by atoms with van der Waals surface area (Å²) in [5, 5.41) is 9.07. The Morgan fingerprint density at radius 1 is 1.15 bits per heavy atom. The number of aliphatic hydroxyl groups is 1. The Balaban J connectivity index is 2.77. The maximum atomic E-state index is 12.2. The van der Waals surface area contributed by atoms with Crippen molar-refractivity contribution in [2.24, 2.45) is 0 Å². The molecule has 0 saturated heterocycles. The van der Waals surface area contributed by atoms with Crippen LogP contribution in [-0.2, 0) is 0 Å². The van der Waals surface area contributed by atoms with E-state index in [1.54, 1.807) is 0 Å². The Hall–Kier alpha value is -0.930. The first-order chi connectivity index (χ1) is 6.00. The quantitative estimate of drug-likeness (QED) is 0.582. The van der Waals surface area contributed by atoms with Crippen molar-refractivity contribution < 1.29 is 18.3 Å². The molecule has 0 aromatic heterocycles. The summed E-state index contributed by atoms with van der Waals surface area (Å²) in [5.74, 6) is -0.178. The third kappa shape index (κ3) is 3.13. The van der Waals surface area contributed by atoms with Gasteiger partial charge in [-0.3, -0.25) is 0 Å². The predicted octanol–water partition coefficient (Wildman–Crippen LogP) is 3.49. The third-order valence-electron chi connectivity index (χ3n) is 1.91. The van der Waals surface area contributed by atoms with Crippen LogP contribution in [0.5, 0.6) is 0 Å². The Bertz CT molecular complexity index is 238. The molecule has 0 amide bonds. The number of hydrogen-bond acceptors (Lipinski definition) is 1. The molecule has 0 spiro atoms. The van der Waals surface area contributed by atoms with Crippen LogP contribution in [-0.4, -0.2) is 11.3 Å². The number of aliphatic hydroxyl groups excluding tert-OH is 1. The van der Waals surface area contributed by atoms with Gasteiger partial charge >= 0.3 is 6.18 Å². The molecule has 0 unspecified atom stereocenters. The lowest BCUT2D eigenvalue weighted by Crippen LogP contribution is -2.13. The van der Waals surface area contributed by atoms with Crippen molar-refractivity contribution in [1.82, 2.24) is 0 Å². The minimum atomic E-state index is -4.31. The molecule has 0 atom stereocenters. The second-order valence-corrected chi connectivity index (χ2v) is 3.03. The van der Waals surface area contributed by atoms with Gasteiger partial charge in [0.1, 0.15) is 0 Å². The zero-order valence-electron chi connectivity index (χ0n) is 7.06. The van der Waals surface area contributed by atoms with Gasteiger partial charge in [-0.1, -0.05) is 6.08 Å². The Kier molecular flexibility index (Phi) is 3.01. The second-order valence-electron chi connectivity index (χ2n) is 3.03. The van der Waals surface area contributed by atoms with Gasteiger partial charge in [-0.05, 0) is 25.3 Å². The summed E-state index contributed by atoms with van der Waals surface area (Å²) < 4.78 is 36.7. The summed E-state index contributed by atoms with van der Waals surface area (Å²) in [5.41, 5.74) is -0.638. The van der Waals surface area contributed by atoms with Crippen LogP contribution in [0.25, 0.3) is 0 Å². The average molecular weight is 192 g/mol. The largest absolute Gasteiger partial charge is 0.512 e. The molecule has 0 aromatic carbocycles. The first-order valence-electron chi connectivity index (χ1n) is 4.14. The number of alkyl halides is 3. The number of halogens is 3. The summed E-state index contributed by atoms with van der Waals surface area (Å²) in [6.45, 7) is 0. The first kappa shape index (κ1) is 10.2. The smallest absolute Gasteiger partial charge is 0.412 e. The topological polar surface area (TPSA) is 20.2 Å². The van der Waals surface area contributed by atoms with Crippen LogP contribution >= 0.6 is 0 Å². The Morgan fingerprint density at radius 2 is 1.77 bits per heavy atom. The molecule has 0 bridgehead atoms. The molecule has 0 heterocycles. The highest BCUT2D eigenvalue weighted by atomic mass is 19.4. The van der Waals surface area contributed by atoms with E-state index in [9.17, 15) is 13.2 Å². The van der Waals surface area contributed by atoms with Crippen LogP contribution in [0, 0.1) is 0 Å². The minimum Gasteiger partial charge on any atom is -0.512 e. The summed E-state index contributed by atoms with van der Waals surface area (Å²) in [6.07, 6.45) is -0.333. The van der Waals surface area contributed by atoms with Gasteiger partial charge in [0.05, 0.1) is 5.76 Å². The molecule has 0 fully saturated rings. The van der Waals surface area contributed by atoms with Gasteiger partial charge in [-0.15, -0.1) is 0 Å². The molecule has 0 aromatic rings. The third-order valence-corrected chi connectivity index (χ3v) is 1.91. The lowest BCUT2D eigenvalue weighted by Gasteiger charge is -2.13. The van der Waals surface area contributed by atoms with Crippen molar-refractivity contribution in [3.05, 3.63) is 23.5 Å². The highest BCUT2D eigenvalue weighted by Crippen LogP contribution is 2.31. The van der Waals surface area contributed by atoms with E-state index in [0.717, 1.165) is 0 Å². The monoisotopic (exact) mass is 192 g/mol. The average Bonchev–Trinajstić information content (AvgIpc) is 1.94. The molecule has 0 saturated carbocycles. The lowest BCUT2D eigenvalue weighted by molar-refractivity contribution is -0.0942. The van der Waals surface area contributed by atoms with Crippen LogP contribution in [0.1, 0.15) is 25.7 Å². The van der Waals surface area contributed by atoms with Crippen LogP contribution in [0.2, 0.25) is 0 Å². The molecule has 13 heavy (non-hydrogen) atoms. The van der Waals surface area contributed by atoms with Gasteiger partial charge in [0.15, 0.2) is 0 Å². The van der Waals surface area contributed by atoms with E-state index in [1.807, 2.05) is 0 Å². The van der Waals surface area contributed by atoms with E-state index in [1.165, 1.54) is 12.2 Å². The summed E-state index contributed by atoms with van der Waals surface area (Å²) in [7, 11) is 0. The predicted molar refractivity (Wildman–Crippen MR) is 43.3 cm³/mol. The van der Waals surface area contributed by atoms with Gasteiger partial charge in [0, 0.05) is 12.0 Å². The van der Waals surface area contributed by atoms with Gasteiger partial charge in [0.25, 0.3) is 0 Å². The summed E-state index contributed by atoms with van der Waals surface area (Å²) in [6, 6.07) is 0.